The van der Waals surface area contributed by atoms with E-state index < -0.39 is 0 Å². The van der Waals surface area contributed by atoms with Gasteiger partial charge in [0.1, 0.15) is 0 Å². The van der Waals surface area contributed by atoms with Crippen LogP contribution < -0.4 is 11.1 Å². The number of anilines is 1. The Hall–Kier alpha value is -1.53. The van der Waals surface area contributed by atoms with Gasteiger partial charge >= 0.3 is 0 Å². The van der Waals surface area contributed by atoms with Gasteiger partial charge in [-0.05, 0) is 24.6 Å². The van der Waals surface area contributed by atoms with Crippen LogP contribution in [-0.4, -0.2) is 12.6 Å². The number of hydrogen-bond donors (Lipinski definition) is 2. The lowest BCUT2D eigenvalue weighted by Crippen LogP contribution is -2.28. The van der Waals surface area contributed by atoms with Crippen LogP contribution in [0.5, 0.6) is 0 Å². The van der Waals surface area contributed by atoms with Gasteiger partial charge in [-0.3, -0.25) is 0 Å². The van der Waals surface area contributed by atoms with E-state index in [0.29, 0.717) is 18.2 Å². The van der Waals surface area contributed by atoms with Crippen molar-refractivity contribution in [3.63, 3.8) is 0 Å². The first-order valence-corrected chi connectivity index (χ1v) is 5.27. The van der Waals surface area contributed by atoms with Crippen LogP contribution >= 0.6 is 0 Å². The Balaban J connectivity index is 2.66. The minimum atomic E-state index is 0.295. The Morgan fingerprint density at radius 1 is 1.53 bits per heavy atom. The number of rotatable bonds is 5. The van der Waals surface area contributed by atoms with Gasteiger partial charge in [0.25, 0.3) is 0 Å². The van der Waals surface area contributed by atoms with Gasteiger partial charge in [0, 0.05) is 18.3 Å². The normalized spacial score (nSPS) is 11.8. The molecule has 0 heterocycles. The average molecular weight is 203 g/mol. The Kier molecular flexibility index (Phi) is 4.65. The minimum Gasteiger partial charge on any atom is -0.381 e. The zero-order valence-electron chi connectivity index (χ0n) is 9.03. The lowest BCUT2D eigenvalue weighted by Gasteiger charge is -2.17. The molecule has 1 aromatic carbocycles. The molecule has 15 heavy (non-hydrogen) atoms. The fraction of sp³-hybridized carbons (Fsp3) is 0.417. The molecule has 0 amide bonds. The molecule has 0 saturated carbocycles. The van der Waals surface area contributed by atoms with Crippen molar-refractivity contribution in [2.45, 2.75) is 25.8 Å². The maximum Gasteiger partial charge on any atom is 0.0992 e. The van der Waals surface area contributed by atoms with Crippen LogP contribution in [0.15, 0.2) is 24.3 Å². The Labute approximate surface area is 90.9 Å². The molecular formula is C12H17N3. The van der Waals surface area contributed by atoms with Crippen LogP contribution in [0, 0.1) is 11.3 Å². The van der Waals surface area contributed by atoms with Crippen LogP contribution in [0.3, 0.4) is 0 Å². The summed E-state index contributed by atoms with van der Waals surface area (Å²) in [6, 6.07) is 9.89. The van der Waals surface area contributed by atoms with Crippen molar-refractivity contribution in [1.29, 1.82) is 5.26 Å². The van der Waals surface area contributed by atoms with Gasteiger partial charge < -0.3 is 11.1 Å². The molecule has 0 aliphatic heterocycles. The Morgan fingerprint density at radius 3 is 2.93 bits per heavy atom. The number of nitrogens with zero attached hydrogens (tertiary/aromatic N) is 1. The van der Waals surface area contributed by atoms with E-state index in [4.69, 9.17) is 11.0 Å². The van der Waals surface area contributed by atoms with Crippen molar-refractivity contribution < 1.29 is 0 Å². The van der Waals surface area contributed by atoms with Crippen molar-refractivity contribution >= 4 is 5.69 Å². The molecule has 0 aliphatic rings. The standard InChI is InChI=1S/C12H17N3/c1-2-4-12(9-14)15-11-6-3-5-10(7-11)8-13/h3,5-7,12,15H,2,4,9,14H2,1H3. The number of benzene rings is 1. The van der Waals surface area contributed by atoms with Crippen LogP contribution in [-0.2, 0) is 0 Å². The fourth-order valence-electron chi connectivity index (χ4n) is 1.51. The van der Waals surface area contributed by atoms with Crippen LogP contribution in [0.2, 0.25) is 0 Å². The highest BCUT2D eigenvalue weighted by molar-refractivity contribution is 5.49. The van der Waals surface area contributed by atoms with E-state index in [9.17, 15) is 0 Å². The van der Waals surface area contributed by atoms with Gasteiger partial charge in [0.2, 0.25) is 0 Å². The Morgan fingerprint density at radius 2 is 2.33 bits per heavy atom. The zero-order valence-corrected chi connectivity index (χ0v) is 9.03. The van der Waals surface area contributed by atoms with Crippen molar-refractivity contribution in [2.24, 2.45) is 5.73 Å². The van der Waals surface area contributed by atoms with E-state index >= 15 is 0 Å². The van der Waals surface area contributed by atoms with Crippen LogP contribution in [0.1, 0.15) is 25.3 Å². The highest BCUT2D eigenvalue weighted by atomic mass is 14.9. The first-order valence-electron chi connectivity index (χ1n) is 5.27. The summed E-state index contributed by atoms with van der Waals surface area (Å²) in [5, 5.41) is 12.1. The molecule has 1 atom stereocenters. The summed E-state index contributed by atoms with van der Waals surface area (Å²) < 4.78 is 0. The first-order chi connectivity index (χ1) is 7.30. The van der Waals surface area contributed by atoms with Crippen molar-refractivity contribution in [3.8, 4) is 6.07 Å². The summed E-state index contributed by atoms with van der Waals surface area (Å²) in [7, 11) is 0. The molecule has 3 nitrogen and oxygen atoms in total. The highest BCUT2D eigenvalue weighted by Gasteiger charge is 2.04. The molecule has 3 heteroatoms. The second kappa shape index (κ2) is 6.05. The monoisotopic (exact) mass is 203 g/mol. The minimum absolute atomic E-state index is 0.295. The van der Waals surface area contributed by atoms with Crippen molar-refractivity contribution in [2.75, 3.05) is 11.9 Å². The molecular weight excluding hydrogens is 186 g/mol. The molecule has 0 fully saturated rings. The van der Waals surface area contributed by atoms with E-state index in [2.05, 4.69) is 18.3 Å². The molecule has 0 bridgehead atoms. The van der Waals surface area contributed by atoms with Gasteiger partial charge in [-0.2, -0.15) is 5.26 Å². The molecule has 1 unspecified atom stereocenters. The molecule has 0 aromatic heterocycles. The number of hydrogen-bond acceptors (Lipinski definition) is 3. The topological polar surface area (TPSA) is 61.8 Å². The quantitative estimate of drug-likeness (QED) is 0.770. The lowest BCUT2D eigenvalue weighted by atomic mass is 10.1. The van der Waals surface area contributed by atoms with Crippen molar-refractivity contribution in [1.82, 2.24) is 0 Å². The second-order valence-corrected chi connectivity index (χ2v) is 3.56. The van der Waals surface area contributed by atoms with E-state index in [1.54, 1.807) is 6.07 Å². The molecule has 1 rings (SSSR count). The third-order valence-corrected chi connectivity index (χ3v) is 2.28. The van der Waals surface area contributed by atoms with Gasteiger partial charge in [0.05, 0.1) is 11.6 Å². The summed E-state index contributed by atoms with van der Waals surface area (Å²) in [6.45, 7) is 2.75. The number of nitriles is 1. The summed E-state index contributed by atoms with van der Waals surface area (Å²) in [4.78, 5) is 0. The molecule has 0 saturated heterocycles. The second-order valence-electron chi connectivity index (χ2n) is 3.56. The van der Waals surface area contributed by atoms with Crippen LogP contribution in [0.25, 0.3) is 0 Å². The number of nitrogens with two attached hydrogens (primary N) is 1. The predicted molar refractivity (Wildman–Crippen MR) is 62.5 cm³/mol. The van der Waals surface area contributed by atoms with Crippen molar-refractivity contribution in [3.05, 3.63) is 29.8 Å². The molecule has 0 spiro atoms. The maximum atomic E-state index is 8.75. The van der Waals surface area contributed by atoms with Gasteiger partial charge in [-0.15, -0.1) is 0 Å². The molecule has 3 N–H and O–H groups in total. The lowest BCUT2D eigenvalue weighted by molar-refractivity contribution is 0.648. The summed E-state index contributed by atoms with van der Waals surface area (Å²) in [6.07, 6.45) is 2.15. The summed E-state index contributed by atoms with van der Waals surface area (Å²) in [5.74, 6) is 0. The SMILES string of the molecule is CCCC(CN)Nc1cccc(C#N)c1. The zero-order chi connectivity index (χ0) is 11.1. The molecule has 80 valence electrons. The number of nitrogens with one attached hydrogen (secondary N) is 1. The van der Waals surface area contributed by atoms with Gasteiger partial charge in [-0.25, -0.2) is 0 Å². The van der Waals surface area contributed by atoms with E-state index in [1.807, 2.05) is 18.2 Å². The van der Waals surface area contributed by atoms with E-state index in [1.165, 1.54) is 0 Å². The van der Waals surface area contributed by atoms with E-state index in [0.717, 1.165) is 18.5 Å². The predicted octanol–water partition coefficient (Wildman–Crippen LogP) is 2.10. The van der Waals surface area contributed by atoms with E-state index in [-0.39, 0.29) is 0 Å². The highest BCUT2D eigenvalue weighted by Crippen LogP contribution is 2.12. The molecule has 0 aliphatic carbocycles. The third-order valence-electron chi connectivity index (χ3n) is 2.28. The van der Waals surface area contributed by atoms with Gasteiger partial charge in [-0.1, -0.05) is 19.4 Å². The van der Waals surface area contributed by atoms with Gasteiger partial charge in [0.15, 0.2) is 0 Å². The molecule has 0 radical (unpaired) electrons. The summed E-state index contributed by atoms with van der Waals surface area (Å²) in [5.41, 5.74) is 7.29. The van der Waals surface area contributed by atoms with Crippen LogP contribution in [0.4, 0.5) is 5.69 Å². The third kappa shape index (κ3) is 3.61. The fourth-order valence-corrected chi connectivity index (χ4v) is 1.51. The Bertz CT molecular complexity index is 341. The largest absolute Gasteiger partial charge is 0.381 e. The molecule has 1 aromatic rings. The smallest absolute Gasteiger partial charge is 0.0992 e. The maximum absolute atomic E-state index is 8.75. The average Bonchev–Trinajstić information content (AvgIpc) is 2.29. The first kappa shape index (κ1) is 11.5. The summed E-state index contributed by atoms with van der Waals surface area (Å²) >= 11 is 0.